The van der Waals surface area contributed by atoms with Gasteiger partial charge in [-0.1, -0.05) is 23.7 Å². The van der Waals surface area contributed by atoms with Crippen molar-refractivity contribution < 1.29 is 13.2 Å². The summed E-state index contributed by atoms with van der Waals surface area (Å²) in [4.78, 5) is 13.9. The van der Waals surface area contributed by atoms with E-state index in [9.17, 15) is 13.2 Å². The van der Waals surface area contributed by atoms with E-state index in [1.807, 2.05) is 17.0 Å². The number of carbonyl (C=O) groups excluding carboxylic acids is 1. The Balaban J connectivity index is 1.73. The zero-order valence-corrected chi connectivity index (χ0v) is 14.0. The third-order valence-corrected chi connectivity index (χ3v) is 5.13. The zero-order chi connectivity index (χ0) is 16.2. The van der Waals surface area contributed by atoms with Crippen molar-refractivity contribution in [2.75, 3.05) is 39.0 Å². The van der Waals surface area contributed by atoms with Gasteiger partial charge in [0.15, 0.2) is 0 Å². The predicted molar refractivity (Wildman–Crippen MR) is 86.2 cm³/mol. The van der Waals surface area contributed by atoms with E-state index >= 15 is 0 Å². The molecule has 1 aliphatic heterocycles. The van der Waals surface area contributed by atoms with Crippen LogP contribution in [0.15, 0.2) is 24.3 Å². The van der Waals surface area contributed by atoms with Crippen LogP contribution < -0.4 is 5.32 Å². The van der Waals surface area contributed by atoms with Gasteiger partial charge in [0.05, 0.1) is 12.8 Å². The maximum absolute atomic E-state index is 11.9. The molecule has 1 N–H and O–H groups in total. The lowest BCUT2D eigenvalue weighted by Gasteiger charge is -2.32. The number of rotatable bonds is 5. The van der Waals surface area contributed by atoms with Crippen LogP contribution in [-0.4, -0.2) is 62.5 Å². The number of halogens is 1. The number of sulfonamides is 1. The van der Waals surface area contributed by atoms with Gasteiger partial charge in [0, 0.05) is 37.7 Å². The van der Waals surface area contributed by atoms with Gasteiger partial charge in [-0.05, 0) is 17.7 Å². The quantitative estimate of drug-likeness (QED) is 0.845. The molecule has 1 aliphatic rings. The molecule has 2 rings (SSSR count). The van der Waals surface area contributed by atoms with E-state index in [0.29, 0.717) is 37.7 Å². The van der Waals surface area contributed by atoms with E-state index < -0.39 is 10.0 Å². The number of carbonyl (C=O) groups is 1. The average Bonchev–Trinajstić information content (AvgIpc) is 2.46. The Bertz CT molecular complexity index is 611. The molecule has 0 saturated carbocycles. The minimum atomic E-state index is -3.13. The topological polar surface area (TPSA) is 69.7 Å². The second kappa shape index (κ2) is 7.41. The van der Waals surface area contributed by atoms with E-state index in [1.165, 1.54) is 10.6 Å². The summed E-state index contributed by atoms with van der Waals surface area (Å²) in [6, 6.07) is 7.31. The Morgan fingerprint density at radius 1 is 1.18 bits per heavy atom. The van der Waals surface area contributed by atoms with Crippen LogP contribution >= 0.6 is 11.6 Å². The average molecular weight is 346 g/mol. The number of piperazine rings is 1. The third kappa shape index (κ3) is 5.24. The summed E-state index contributed by atoms with van der Waals surface area (Å²) in [5, 5.41) is 3.52. The molecule has 0 atom stereocenters. The minimum Gasteiger partial charge on any atom is -0.351 e. The predicted octanol–water partition coefficient (Wildman–Crippen LogP) is 0.533. The van der Waals surface area contributed by atoms with Crippen molar-refractivity contribution in [2.24, 2.45) is 0 Å². The molecule has 0 bridgehead atoms. The summed E-state index contributed by atoms with van der Waals surface area (Å²) in [6.45, 7) is 2.75. The Morgan fingerprint density at radius 3 is 2.32 bits per heavy atom. The highest BCUT2D eigenvalue weighted by Gasteiger charge is 2.24. The molecule has 0 unspecified atom stereocenters. The number of amides is 1. The molecule has 1 fully saturated rings. The van der Waals surface area contributed by atoms with E-state index in [2.05, 4.69) is 5.32 Å². The standard InChI is InChI=1S/C14H20ClN3O3S/c1-22(20,21)18-8-6-17(7-9-18)11-14(19)16-10-12-2-4-13(15)5-3-12/h2-5H,6-11H2,1H3,(H,16,19). The molecule has 0 radical (unpaired) electrons. The summed E-state index contributed by atoms with van der Waals surface area (Å²) in [5.41, 5.74) is 0.986. The van der Waals surface area contributed by atoms with Gasteiger partial charge in [0.25, 0.3) is 0 Å². The number of nitrogens with one attached hydrogen (secondary N) is 1. The van der Waals surface area contributed by atoms with E-state index in [0.717, 1.165) is 5.56 Å². The van der Waals surface area contributed by atoms with E-state index in [-0.39, 0.29) is 12.5 Å². The van der Waals surface area contributed by atoms with Crippen LogP contribution in [0.3, 0.4) is 0 Å². The van der Waals surface area contributed by atoms with Gasteiger partial charge in [-0.15, -0.1) is 0 Å². The molecular weight excluding hydrogens is 326 g/mol. The molecule has 122 valence electrons. The zero-order valence-electron chi connectivity index (χ0n) is 12.5. The lowest BCUT2D eigenvalue weighted by atomic mass is 10.2. The highest BCUT2D eigenvalue weighted by atomic mass is 35.5. The highest BCUT2D eigenvalue weighted by molar-refractivity contribution is 7.88. The van der Waals surface area contributed by atoms with Gasteiger partial charge in [0.2, 0.25) is 15.9 Å². The van der Waals surface area contributed by atoms with Crippen molar-refractivity contribution in [2.45, 2.75) is 6.54 Å². The van der Waals surface area contributed by atoms with Crippen LogP contribution in [0, 0.1) is 0 Å². The monoisotopic (exact) mass is 345 g/mol. The van der Waals surface area contributed by atoms with Crippen LogP contribution in [0.2, 0.25) is 5.02 Å². The fourth-order valence-electron chi connectivity index (χ4n) is 2.28. The molecule has 0 aliphatic carbocycles. The van der Waals surface area contributed by atoms with Crippen molar-refractivity contribution in [3.63, 3.8) is 0 Å². The number of nitrogens with zero attached hydrogens (tertiary/aromatic N) is 2. The van der Waals surface area contributed by atoms with Crippen LogP contribution in [0.25, 0.3) is 0 Å². The molecule has 1 saturated heterocycles. The third-order valence-electron chi connectivity index (χ3n) is 3.57. The summed E-state index contributed by atoms with van der Waals surface area (Å²) >= 11 is 5.81. The van der Waals surface area contributed by atoms with Crippen molar-refractivity contribution in [1.82, 2.24) is 14.5 Å². The van der Waals surface area contributed by atoms with Crippen LogP contribution in [0.5, 0.6) is 0 Å². The van der Waals surface area contributed by atoms with Crippen molar-refractivity contribution in [3.8, 4) is 0 Å². The Labute approximate surface area is 136 Å². The lowest BCUT2D eigenvalue weighted by Crippen LogP contribution is -2.50. The Morgan fingerprint density at radius 2 is 1.77 bits per heavy atom. The van der Waals surface area contributed by atoms with Gasteiger partial charge in [-0.2, -0.15) is 4.31 Å². The SMILES string of the molecule is CS(=O)(=O)N1CCN(CC(=O)NCc2ccc(Cl)cc2)CC1. The molecular formula is C14H20ClN3O3S. The molecule has 1 heterocycles. The second-order valence-corrected chi connectivity index (χ2v) is 7.76. The summed E-state index contributed by atoms with van der Waals surface area (Å²) in [7, 11) is -3.13. The van der Waals surface area contributed by atoms with E-state index in [1.54, 1.807) is 12.1 Å². The fraction of sp³-hybridized carbons (Fsp3) is 0.500. The lowest BCUT2D eigenvalue weighted by molar-refractivity contribution is -0.122. The normalized spacial score (nSPS) is 17.4. The smallest absolute Gasteiger partial charge is 0.234 e. The Kier molecular flexibility index (Phi) is 5.80. The number of benzene rings is 1. The first-order valence-corrected chi connectivity index (χ1v) is 9.26. The van der Waals surface area contributed by atoms with Crippen LogP contribution in [-0.2, 0) is 21.4 Å². The molecule has 1 amide bonds. The second-order valence-electron chi connectivity index (χ2n) is 5.34. The largest absolute Gasteiger partial charge is 0.351 e. The summed E-state index contributed by atoms with van der Waals surface area (Å²) in [5.74, 6) is -0.0669. The summed E-state index contributed by atoms with van der Waals surface area (Å²) in [6.07, 6.45) is 1.21. The number of hydrogen-bond donors (Lipinski definition) is 1. The first-order chi connectivity index (χ1) is 10.3. The Hall–Kier alpha value is -1.15. The van der Waals surface area contributed by atoms with Crippen molar-refractivity contribution in [3.05, 3.63) is 34.9 Å². The molecule has 22 heavy (non-hydrogen) atoms. The maximum atomic E-state index is 11.9. The van der Waals surface area contributed by atoms with Gasteiger partial charge < -0.3 is 5.32 Å². The number of hydrogen-bond acceptors (Lipinski definition) is 4. The molecule has 1 aromatic rings. The van der Waals surface area contributed by atoms with Crippen LogP contribution in [0.4, 0.5) is 0 Å². The summed E-state index contributed by atoms with van der Waals surface area (Å²) < 4.78 is 24.3. The fourth-order valence-corrected chi connectivity index (χ4v) is 3.23. The highest BCUT2D eigenvalue weighted by Crippen LogP contribution is 2.09. The van der Waals surface area contributed by atoms with Gasteiger partial charge in [-0.3, -0.25) is 9.69 Å². The molecule has 1 aromatic carbocycles. The van der Waals surface area contributed by atoms with E-state index in [4.69, 9.17) is 11.6 Å². The van der Waals surface area contributed by atoms with Gasteiger partial charge in [-0.25, -0.2) is 8.42 Å². The molecule has 8 heteroatoms. The van der Waals surface area contributed by atoms with Crippen molar-refractivity contribution >= 4 is 27.5 Å². The first kappa shape index (κ1) is 17.2. The minimum absolute atomic E-state index is 0.0669. The molecule has 0 aromatic heterocycles. The first-order valence-electron chi connectivity index (χ1n) is 7.03. The van der Waals surface area contributed by atoms with Crippen molar-refractivity contribution in [1.29, 1.82) is 0 Å². The van der Waals surface area contributed by atoms with Gasteiger partial charge >= 0.3 is 0 Å². The maximum Gasteiger partial charge on any atom is 0.234 e. The molecule has 6 nitrogen and oxygen atoms in total. The van der Waals surface area contributed by atoms with Crippen LogP contribution in [0.1, 0.15) is 5.56 Å². The van der Waals surface area contributed by atoms with Gasteiger partial charge in [0.1, 0.15) is 0 Å². The molecule has 0 spiro atoms.